The summed E-state index contributed by atoms with van der Waals surface area (Å²) in [5.74, 6) is 0.130. The van der Waals surface area contributed by atoms with Crippen LogP contribution in [0.15, 0.2) is 72.8 Å². The number of carbonyl (C=O) groups is 2. The van der Waals surface area contributed by atoms with Gasteiger partial charge in [-0.3, -0.25) is 9.59 Å². The molecule has 0 spiro atoms. The molecule has 0 unspecified atom stereocenters. The Morgan fingerprint density at radius 2 is 1.62 bits per heavy atom. The van der Waals surface area contributed by atoms with Crippen molar-refractivity contribution in [2.45, 2.75) is 39.8 Å². The van der Waals surface area contributed by atoms with E-state index in [0.29, 0.717) is 23.7 Å². The number of benzene rings is 3. The molecule has 0 aliphatic heterocycles. The van der Waals surface area contributed by atoms with Crippen LogP contribution in [0, 0.1) is 13.8 Å². The first-order valence-corrected chi connectivity index (χ1v) is 11.8. The summed E-state index contributed by atoms with van der Waals surface area (Å²) in [5.41, 5.74) is 3.84. The molecule has 3 rings (SSSR count). The van der Waals surface area contributed by atoms with E-state index in [-0.39, 0.29) is 25.0 Å². The van der Waals surface area contributed by atoms with Crippen molar-refractivity contribution in [3.05, 3.63) is 100 Å². The van der Waals surface area contributed by atoms with E-state index >= 15 is 0 Å². The van der Waals surface area contributed by atoms with E-state index in [4.69, 9.17) is 16.3 Å². The molecule has 178 valence electrons. The maximum Gasteiger partial charge on any atom is 0.261 e. The summed E-state index contributed by atoms with van der Waals surface area (Å²) in [7, 11) is 0. The number of hydrogen-bond acceptors (Lipinski definition) is 3. The van der Waals surface area contributed by atoms with E-state index in [0.717, 1.165) is 22.3 Å². The molecule has 5 nitrogen and oxygen atoms in total. The Hall–Kier alpha value is -3.31. The fourth-order valence-electron chi connectivity index (χ4n) is 3.90. The summed E-state index contributed by atoms with van der Waals surface area (Å²) in [6.07, 6.45) is 0.381. The summed E-state index contributed by atoms with van der Waals surface area (Å²) >= 11 is 6.42. The molecule has 0 aliphatic carbocycles. The van der Waals surface area contributed by atoms with Crippen molar-refractivity contribution in [3.8, 4) is 5.75 Å². The fraction of sp³-hybridized carbons (Fsp3) is 0.286. The zero-order valence-electron chi connectivity index (χ0n) is 19.9. The van der Waals surface area contributed by atoms with Crippen molar-refractivity contribution in [1.82, 2.24) is 10.2 Å². The molecule has 34 heavy (non-hydrogen) atoms. The van der Waals surface area contributed by atoms with Gasteiger partial charge in [0.25, 0.3) is 5.91 Å². The lowest BCUT2D eigenvalue weighted by Crippen LogP contribution is -2.51. The molecule has 0 fully saturated rings. The van der Waals surface area contributed by atoms with Crippen LogP contribution in [0.3, 0.4) is 0 Å². The number of aryl methyl sites for hydroxylation is 2. The number of likely N-dealkylation sites (N-methyl/N-ethyl adjacent to an activating group) is 1. The van der Waals surface area contributed by atoms with Crippen molar-refractivity contribution >= 4 is 23.4 Å². The minimum atomic E-state index is -0.714. The summed E-state index contributed by atoms with van der Waals surface area (Å²) in [5, 5.41) is 3.43. The molecule has 3 aromatic rings. The normalized spacial score (nSPS) is 11.5. The van der Waals surface area contributed by atoms with Crippen LogP contribution in [0.5, 0.6) is 5.75 Å². The quantitative estimate of drug-likeness (QED) is 0.440. The summed E-state index contributed by atoms with van der Waals surface area (Å²) < 4.78 is 5.86. The van der Waals surface area contributed by atoms with E-state index in [9.17, 15) is 9.59 Å². The van der Waals surface area contributed by atoms with E-state index in [2.05, 4.69) is 5.32 Å². The van der Waals surface area contributed by atoms with Gasteiger partial charge in [-0.2, -0.15) is 0 Å². The van der Waals surface area contributed by atoms with Crippen LogP contribution in [-0.4, -0.2) is 35.9 Å². The first-order chi connectivity index (χ1) is 16.4. The summed E-state index contributed by atoms with van der Waals surface area (Å²) in [4.78, 5) is 28.2. The first-order valence-electron chi connectivity index (χ1n) is 11.4. The Morgan fingerprint density at radius 1 is 0.971 bits per heavy atom. The molecule has 1 N–H and O–H groups in total. The van der Waals surface area contributed by atoms with E-state index in [1.165, 1.54) is 0 Å². The molecule has 1 atom stereocenters. The third-order valence-corrected chi connectivity index (χ3v) is 5.85. The monoisotopic (exact) mass is 478 g/mol. The van der Waals surface area contributed by atoms with Crippen LogP contribution in [0.4, 0.5) is 0 Å². The van der Waals surface area contributed by atoms with E-state index in [1.54, 1.807) is 11.0 Å². The Balaban J connectivity index is 1.91. The molecule has 0 aliphatic rings. The van der Waals surface area contributed by atoms with Gasteiger partial charge in [0.15, 0.2) is 6.61 Å². The van der Waals surface area contributed by atoms with Crippen LogP contribution in [0.2, 0.25) is 5.02 Å². The number of hydrogen-bond donors (Lipinski definition) is 1. The van der Waals surface area contributed by atoms with Gasteiger partial charge in [-0.25, -0.2) is 0 Å². The highest BCUT2D eigenvalue weighted by molar-refractivity contribution is 6.31. The van der Waals surface area contributed by atoms with Gasteiger partial charge in [0, 0.05) is 24.5 Å². The largest absolute Gasteiger partial charge is 0.484 e. The zero-order valence-corrected chi connectivity index (χ0v) is 20.6. The third kappa shape index (κ3) is 7.09. The molecule has 0 saturated carbocycles. The van der Waals surface area contributed by atoms with Gasteiger partial charge in [0.2, 0.25) is 5.91 Å². The Labute approximate surface area is 206 Å². The van der Waals surface area contributed by atoms with Crippen LogP contribution >= 0.6 is 11.6 Å². The van der Waals surface area contributed by atoms with Crippen molar-refractivity contribution in [3.63, 3.8) is 0 Å². The lowest BCUT2D eigenvalue weighted by molar-refractivity contribution is -0.142. The number of amides is 2. The second-order valence-corrected chi connectivity index (χ2v) is 8.73. The number of nitrogens with one attached hydrogen (secondary N) is 1. The highest BCUT2D eigenvalue weighted by Gasteiger charge is 2.30. The predicted molar refractivity (Wildman–Crippen MR) is 136 cm³/mol. The predicted octanol–water partition coefficient (Wildman–Crippen LogP) is 5.11. The third-order valence-electron chi connectivity index (χ3n) is 5.48. The average Bonchev–Trinajstić information content (AvgIpc) is 2.81. The van der Waals surface area contributed by atoms with Crippen LogP contribution in [-0.2, 0) is 22.6 Å². The van der Waals surface area contributed by atoms with Gasteiger partial charge < -0.3 is 15.0 Å². The molecule has 3 aromatic carbocycles. The molecule has 0 radical (unpaired) electrons. The van der Waals surface area contributed by atoms with Crippen LogP contribution in [0.25, 0.3) is 0 Å². The average molecular weight is 479 g/mol. The maximum absolute atomic E-state index is 13.5. The second kappa shape index (κ2) is 12.2. The van der Waals surface area contributed by atoms with E-state index < -0.39 is 6.04 Å². The minimum Gasteiger partial charge on any atom is -0.484 e. The summed E-state index contributed by atoms with van der Waals surface area (Å²) in [6, 6.07) is 22.2. The fourth-order valence-corrected chi connectivity index (χ4v) is 4.10. The number of carbonyl (C=O) groups excluding carboxylic acids is 2. The Bertz CT molecular complexity index is 1100. The summed E-state index contributed by atoms with van der Waals surface area (Å²) in [6.45, 7) is 6.31. The second-order valence-electron chi connectivity index (χ2n) is 8.33. The molecule has 2 amide bonds. The van der Waals surface area contributed by atoms with Crippen molar-refractivity contribution < 1.29 is 14.3 Å². The van der Waals surface area contributed by atoms with Gasteiger partial charge in [-0.1, -0.05) is 66.2 Å². The standard InChI is InChI=1S/C28H31ClN2O3/c1-4-30-28(33)26(17-22-10-6-5-7-11-22)31(18-23-12-8-9-13-25(23)29)27(32)19-34-24-15-20(2)14-21(3)16-24/h5-16,26H,4,17-19H2,1-3H3,(H,30,33)/t26-/m1/s1. The number of nitrogens with zero attached hydrogens (tertiary/aromatic N) is 1. The number of halogens is 1. The molecule has 0 heterocycles. The Morgan fingerprint density at radius 3 is 2.26 bits per heavy atom. The SMILES string of the molecule is CCNC(=O)[C@@H](Cc1ccccc1)N(Cc1ccccc1Cl)C(=O)COc1cc(C)cc(C)c1. The lowest BCUT2D eigenvalue weighted by Gasteiger charge is -2.31. The number of ether oxygens (including phenoxy) is 1. The molecule has 6 heteroatoms. The minimum absolute atomic E-state index is 0.182. The van der Waals surface area contributed by atoms with Crippen LogP contribution in [0.1, 0.15) is 29.2 Å². The maximum atomic E-state index is 13.5. The zero-order chi connectivity index (χ0) is 24.5. The van der Waals surface area contributed by atoms with E-state index in [1.807, 2.05) is 87.5 Å². The molecule has 0 aromatic heterocycles. The van der Waals surface area contributed by atoms with Crippen LogP contribution < -0.4 is 10.1 Å². The highest BCUT2D eigenvalue weighted by atomic mass is 35.5. The van der Waals surface area contributed by atoms with Crippen molar-refractivity contribution in [2.24, 2.45) is 0 Å². The Kier molecular flexibility index (Phi) is 9.11. The molecule has 0 bridgehead atoms. The van der Waals surface area contributed by atoms with Crippen molar-refractivity contribution in [1.29, 1.82) is 0 Å². The van der Waals surface area contributed by atoms with Gasteiger partial charge in [0.1, 0.15) is 11.8 Å². The smallest absolute Gasteiger partial charge is 0.261 e. The van der Waals surface area contributed by atoms with Gasteiger partial charge in [-0.05, 0) is 61.2 Å². The van der Waals surface area contributed by atoms with Gasteiger partial charge in [0.05, 0.1) is 0 Å². The highest BCUT2D eigenvalue weighted by Crippen LogP contribution is 2.21. The lowest BCUT2D eigenvalue weighted by atomic mass is 10.0. The number of rotatable bonds is 10. The first kappa shape index (κ1) is 25.3. The van der Waals surface area contributed by atoms with Crippen molar-refractivity contribution in [2.75, 3.05) is 13.2 Å². The molecular formula is C28H31ClN2O3. The van der Waals surface area contributed by atoms with Gasteiger partial charge >= 0.3 is 0 Å². The van der Waals surface area contributed by atoms with Gasteiger partial charge in [-0.15, -0.1) is 0 Å². The molecule has 0 saturated heterocycles. The molecular weight excluding hydrogens is 448 g/mol. The topological polar surface area (TPSA) is 58.6 Å².